The molecule has 1 heterocycles. The van der Waals surface area contributed by atoms with E-state index in [9.17, 15) is 13.2 Å². The van der Waals surface area contributed by atoms with E-state index in [1.807, 2.05) is 0 Å². The molecule has 1 atom stereocenters. The van der Waals surface area contributed by atoms with Gasteiger partial charge in [0.15, 0.2) is 0 Å². The lowest BCUT2D eigenvalue weighted by Crippen LogP contribution is -2.30. The van der Waals surface area contributed by atoms with Crippen LogP contribution >= 0.6 is 0 Å². The Labute approximate surface area is 105 Å². The van der Waals surface area contributed by atoms with E-state index >= 15 is 0 Å². The summed E-state index contributed by atoms with van der Waals surface area (Å²) in [5, 5.41) is 12.3. The Morgan fingerprint density at radius 3 is 2.94 bits per heavy atom. The van der Waals surface area contributed by atoms with Crippen LogP contribution in [0.4, 0.5) is 0 Å². The van der Waals surface area contributed by atoms with Crippen LogP contribution < -0.4 is 4.72 Å². The Morgan fingerprint density at radius 2 is 2.39 bits per heavy atom. The van der Waals surface area contributed by atoms with Gasteiger partial charge in [0.25, 0.3) is 0 Å². The summed E-state index contributed by atoms with van der Waals surface area (Å²) in [6.45, 7) is 5.26. The molecule has 0 fully saturated rings. The maximum Gasteiger partial charge on any atom is 0.305 e. The maximum absolute atomic E-state index is 11.8. The molecule has 0 saturated carbocycles. The third-order valence-electron chi connectivity index (χ3n) is 2.17. The van der Waals surface area contributed by atoms with Crippen LogP contribution in [0.1, 0.15) is 13.3 Å². The molecular formula is C10H15N3O4S. The van der Waals surface area contributed by atoms with Crippen molar-refractivity contribution < 1.29 is 18.3 Å². The van der Waals surface area contributed by atoms with Gasteiger partial charge in [-0.25, -0.2) is 13.1 Å². The van der Waals surface area contributed by atoms with Crippen molar-refractivity contribution >= 4 is 16.0 Å². The molecule has 2 N–H and O–H groups in total. The highest BCUT2D eigenvalue weighted by Gasteiger charge is 2.18. The zero-order valence-corrected chi connectivity index (χ0v) is 10.7. The van der Waals surface area contributed by atoms with Crippen molar-refractivity contribution in [1.82, 2.24) is 14.5 Å². The molecule has 8 heteroatoms. The van der Waals surface area contributed by atoms with Gasteiger partial charge in [-0.3, -0.25) is 9.48 Å². The summed E-state index contributed by atoms with van der Waals surface area (Å²) in [5.74, 6) is -0.965. The number of carboxylic acids is 1. The van der Waals surface area contributed by atoms with Crippen LogP contribution in [0, 0.1) is 0 Å². The minimum atomic E-state index is -3.64. The van der Waals surface area contributed by atoms with E-state index in [1.165, 1.54) is 23.2 Å². The molecule has 0 spiro atoms. The largest absolute Gasteiger partial charge is 0.481 e. The number of hydrogen-bond donors (Lipinski definition) is 2. The minimum absolute atomic E-state index is 0.00147. The fourth-order valence-electron chi connectivity index (χ4n) is 1.18. The van der Waals surface area contributed by atoms with Crippen LogP contribution in [0.5, 0.6) is 0 Å². The molecule has 18 heavy (non-hydrogen) atoms. The first-order chi connectivity index (χ1) is 8.35. The smallest absolute Gasteiger partial charge is 0.305 e. The zero-order chi connectivity index (χ0) is 13.8. The Hall–Kier alpha value is -1.67. The maximum atomic E-state index is 11.8. The third kappa shape index (κ3) is 3.97. The topological polar surface area (TPSA) is 101 Å². The van der Waals surface area contributed by atoms with Gasteiger partial charge in [0.05, 0.1) is 19.2 Å². The van der Waals surface area contributed by atoms with E-state index < -0.39 is 22.0 Å². The summed E-state index contributed by atoms with van der Waals surface area (Å²) in [5.41, 5.74) is 0. The Morgan fingerprint density at radius 1 is 1.72 bits per heavy atom. The molecular weight excluding hydrogens is 258 g/mol. The van der Waals surface area contributed by atoms with Crippen molar-refractivity contribution in [1.29, 1.82) is 0 Å². The summed E-state index contributed by atoms with van der Waals surface area (Å²) in [6, 6.07) is -0.391. The summed E-state index contributed by atoms with van der Waals surface area (Å²) in [7, 11) is -3.64. The number of nitrogens with zero attached hydrogens (tertiary/aromatic N) is 2. The molecule has 100 valence electrons. The molecule has 0 amide bonds. The lowest BCUT2D eigenvalue weighted by Gasteiger charge is -2.07. The first-order valence-corrected chi connectivity index (χ1v) is 6.72. The van der Waals surface area contributed by atoms with Crippen LogP contribution in [0.2, 0.25) is 0 Å². The minimum Gasteiger partial charge on any atom is -0.481 e. The molecule has 0 aliphatic carbocycles. The molecule has 0 aliphatic rings. The number of carboxylic acid groups (broad SMARTS) is 1. The van der Waals surface area contributed by atoms with E-state index in [4.69, 9.17) is 5.11 Å². The van der Waals surface area contributed by atoms with Gasteiger partial charge in [-0.05, 0) is 6.92 Å². The molecule has 0 aromatic carbocycles. The Kier molecular flexibility index (Phi) is 4.62. The molecule has 1 rings (SSSR count). The normalized spacial score (nSPS) is 13.2. The number of aryl methyl sites for hydroxylation is 1. The number of aromatic nitrogens is 2. The fraction of sp³-hybridized carbons (Fsp3) is 0.400. The predicted molar refractivity (Wildman–Crippen MR) is 64.5 cm³/mol. The second-order valence-corrected chi connectivity index (χ2v) is 5.44. The van der Waals surface area contributed by atoms with E-state index in [0.29, 0.717) is 0 Å². The van der Waals surface area contributed by atoms with Crippen LogP contribution in [0.25, 0.3) is 0 Å². The summed E-state index contributed by atoms with van der Waals surface area (Å²) in [6.07, 6.45) is 3.82. The molecule has 7 nitrogen and oxygen atoms in total. The van der Waals surface area contributed by atoms with Crippen molar-refractivity contribution in [3.63, 3.8) is 0 Å². The van der Waals surface area contributed by atoms with Gasteiger partial charge in [-0.2, -0.15) is 5.10 Å². The van der Waals surface area contributed by atoms with E-state index in [1.54, 1.807) is 6.92 Å². The van der Waals surface area contributed by atoms with Crippen LogP contribution in [-0.4, -0.2) is 35.3 Å². The monoisotopic (exact) mass is 273 g/mol. The van der Waals surface area contributed by atoms with Gasteiger partial charge in [0.2, 0.25) is 10.0 Å². The average molecular weight is 273 g/mol. The molecule has 0 radical (unpaired) electrons. The van der Waals surface area contributed by atoms with Crippen molar-refractivity contribution in [3.05, 3.63) is 25.0 Å². The van der Waals surface area contributed by atoms with Gasteiger partial charge in [0.1, 0.15) is 4.90 Å². The summed E-state index contributed by atoms with van der Waals surface area (Å²) in [4.78, 5) is 10.4. The van der Waals surface area contributed by atoms with Gasteiger partial charge in [-0.15, -0.1) is 6.58 Å². The molecule has 1 unspecified atom stereocenters. The lowest BCUT2D eigenvalue weighted by molar-refractivity contribution is -0.137. The molecule has 1 aromatic rings. The van der Waals surface area contributed by atoms with Crippen molar-refractivity contribution in [3.8, 4) is 0 Å². The summed E-state index contributed by atoms with van der Waals surface area (Å²) < 4.78 is 27.3. The molecule has 0 aliphatic heterocycles. The van der Waals surface area contributed by atoms with Gasteiger partial charge >= 0.3 is 5.97 Å². The second kappa shape index (κ2) is 5.78. The van der Waals surface area contributed by atoms with Crippen LogP contribution in [-0.2, 0) is 21.4 Å². The SMILES string of the molecule is C=CC(C)NS(=O)(=O)c1cnn(CCC(=O)O)c1. The number of rotatable bonds is 7. The highest BCUT2D eigenvalue weighted by molar-refractivity contribution is 7.89. The highest BCUT2D eigenvalue weighted by Crippen LogP contribution is 2.08. The number of sulfonamides is 1. The fourth-order valence-corrected chi connectivity index (χ4v) is 2.34. The van der Waals surface area contributed by atoms with Crippen molar-refractivity contribution in [2.75, 3.05) is 0 Å². The lowest BCUT2D eigenvalue weighted by atomic mass is 10.4. The molecule has 1 aromatic heterocycles. The number of nitrogens with one attached hydrogen (secondary N) is 1. The van der Waals surface area contributed by atoms with Gasteiger partial charge in [-0.1, -0.05) is 6.08 Å². The van der Waals surface area contributed by atoms with Crippen molar-refractivity contribution in [2.24, 2.45) is 0 Å². The van der Waals surface area contributed by atoms with E-state index in [2.05, 4.69) is 16.4 Å². The molecule has 0 saturated heterocycles. The first kappa shape index (κ1) is 14.4. The number of carbonyl (C=O) groups is 1. The van der Waals surface area contributed by atoms with Gasteiger partial charge < -0.3 is 5.11 Å². The molecule has 0 bridgehead atoms. The van der Waals surface area contributed by atoms with Crippen LogP contribution in [0.3, 0.4) is 0 Å². The quantitative estimate of drug-likeness (QED) is 0.691. The van der Waals surface area contributed by atoms with Crippen LogP contribution in [0.15, 0.2) is 29.9 Å². The standard InChI is InChI=1S/C10H15N3O4S/c1-3-8(2)12-18(16,17)9-6-11-13(7-9)5-4-10(14)15/h3,6-8,12H,1,4-5H2,2H3,(H,14,15). The zero-order valence-electron chi connectivity index (χ0n) is 9.91. The predicted octanol–water partition coefficient (Wildman–Crippen LogP) is 0.211. The second-order valence-electron chi connectivity index (χ2n) is 3.73. The first-order valence-electron chi connectivity index (χ1n) is 5.24. The Balaban J connectivity index is 2.78. The summed E-state index contributed by atoms with van der Waals surface area (Å²) >= 11 is 0. The number of aliphatic carboxylic acids is 1. The third-order valence-corrected chi connectivity index (χ3v) is 3.68. The Bertz CT molecular complexity index is 535. The van der Waals surface area contributed by atoms with E-state index in [-0.39, 0.29) is 17.9 Å². The van der Waals surface area contributed by atoms with Crippen molar-refractivity contribution in [2.45, 2.75) is 30.8 Å². The number of hydrogen-bond acceptors (Lipinski definition) is 4. The van der Waals surface area contributed by atoms with E-state index in [0.717, 1.165) is 0 Å². The van der Waals surface area contributed by atoms with Gasteiger partial charge in [0, 0.05) is 12.2 Å². The highest BCUT2D eigenvalue weighted by atomic mass is 32.2. The average Bonchev–Trinajstić information content (AvgIpc) is 2.75.